The zero-order valence-corrected chi connectivity index (χ0v) is 8.47. The fourth-order valence-electron chi connectivity index (χ4n) is 0.972. The molecule has 1 aromatic rings. The Labute approximate surface area is 87.8 Å². The number of aliphatic hydroxyl groups excluding tert-OH is 2. The first-order valence-electron chi connectivity index (χ1n) is 4.55. The summed E-state index contributed by atoms with van der Waals surface area (Å²) in [6, 6.07) is 3.25. The first-order chi connectivity index (χ1) is 7.11. The summed E-state index contributed by atoms with van der Waals surface area (Å²) in [5.41, 5.74) is -0.613. The predicted molar refractivity (Wildman–Crippen MR) is 54.3 cm³/mol. The number of carbonyl (C=O) groups is 1. The van der Waals surface area contributed by atoms with Crippen LogP contribution in [0.2, 0.25) is 0 Å². The molecule has 1 rings (SSSR count). The lowest BCUT2D eigenvalue weighted by Gasteiger charge is -2.25. The largest absolute Gasteiger partial charge is 0.394 e. The van der Waals surface area contributed by atoms with Gasteiger partial charge in [0.1, 0.15) is 0 Å². The molecule has 0 unspecified atom stereocenters. The molecule has 5 heteroatoms. The molecule has 0 bridgehead atoms. The zero-order chi connectivity index (χ0) is 11.3. The highest BCUT2D eigenvalue weighted by molar-refractivity contribution is 5.94. The highest BCUT2D eigenvalue weighted by atomic mass is 16.3. The van der Waals surface area contributed by atoms with E-state index in [4.69, 9.17) is 10.2 Å². The van der Waals surface area contributed by atoms with Crippen molar-refractivity contribution < 1.29 is 15.0 Å². The molecule has 1 aromatic heterocycles. The SMILES string of the molecule is CC(CO)(CO)NC(=O)c1cccnc1. The molecular formula is C10H14N2O3. The van der Waals surface area contributed by atoms with Crippen molar-refractivity contribution in [3.8, 4) is 0 Å². The van der Waals surface area contributed by atoms with Crippen LogP contribution < -0.4 is 5.32 Å². The minimum Gasteiger partial charge on any atom is -0.394 e. The van der Waals surface area contributed by atoms with Crippen molar-refractivity contribution in [1.29, 1.82) is 0 Å². The fourth-order valence-corrected chi connectivity index (χ4v) is 0.972. The van der Waals surface area contributed by atoms with Gasteiger partial charge in [-0.25, -0.2) is 0 Å². The minimum atomic E-state index is -1.01. The second kappa shape index (κ2) is 4.86. The average Bonchev–Trinajstić information content (AvgIpc) is 2.30. The zero-order valence-electron chi connectivity index (χ0n) is 8.47. The van der Waals surface area contributed by atoms with Crippen LogP contribution in [0.1, 0.15) is 17.3 Å². The van der Waals surface area contributed by atoms with Crippen LogP contribution >= 0.6 is 0 Å². The molecule has 0 saturated carbocycles. The van der Waals surface area contributed by atoms with Gasteiger partial charge in [-0.2, -0.15) is 0 Å². The van der Waals surface area contributed by atoms with Crippen LogP contribution in [-0.4, -0.2) is 39.9 Å². The third kappa shape index (κ3) is 3.00. The van der Waals surface area contributed by atoms with E-state index in [1.165, 1.54) is 6.20 Å². The summed E-state index contributed by atoms with van der Waals surface area (Å²) >= 11 is 0. The summed E-state index contributed by atoms with van der Waals surface area (Å²) in [4.78, 5) is 15.4. The van der Waals surface area contributed by atoms with Crippen LogP contribution in [0.5, 0.6) is 0 Å². The van der Waals surface area contributed by atoms with Gasteiger partial charge >= 0.3 is 0 Å². The molecule has 82 valence electrons. The third-order valence-electron chi connectivity index (χ3n) is 2.04. The maximum absolute atomic E-state index is 11.6. The Bertz CT molecular complexity index is 323. The van der Waals surface area contributed by atoms with Gasteiger partial charge in [0.2, 0.25) is 0 Å². The molecule has 15 heavy (non-hydrogen) atoms. The molecule has 0 aliphatic heterocycles. The van der Waals surface area contributed by atoms with E-state index in [-0.39, 0.29) is 19.1 Å². The van der Waals surface area contributed by atoms with Crippen LogP contribution in [0.15, 0.2) is 24.5 Å². The normalized spacial score (nSPS) is 11.1. The van der Waals surface area contributed by atoms with Crippen LogP contribution in [0, 0.1) is 0 Å². The number of aliphatic hydroxyl groups is 2. The Morgan fingerprint density at radius 3 is 2.67 bits per heavy atom. The molecule has 1 heterocycles. The number of carbonyl (C=O) groups excluding carboxylic acids is 1. The lowest BCUT2D eigenvalue weighted by molar-refractivity contribution is 0.0723. The van der Waals surface area contributed by atoms with E-state index in [1.54, 1.807) is 25.3 Å². The molecular weight excluding hydrogens is 196 g/mol. The van der Waals surface area contributed by atoms with Crippen molar-refractivity contribution in [3.05, 3.63) is 30.1 Å². The molecule has 0 aliphatic rings. The number of hydrogen-bond donors (Lipinski definition) is 3. The van der Waals surface area contributed by atoms with Gasteiger partial charge in [0.25, 0.3) is 5.91 Å². The van der Waals surface area contributed by atoms with Crippen molar-refractivity contribution in [2.45, 2.75) is 12.5 Å². The van der Waals surface area contributed by atoms with Gasteiger partial charge in [0, 0.05) is 12.4 Å². The van der Waals surface area contributed by atoms with Gasteiger partial charge < -0.3 is 15.5 Å². The van der Waals surface area contributed by atoms with Gasteiger partial charge in [-0.05, 0) is 19.1 Å². The summed E-state index contributed by atoms with van der Waals surface area (Å²) in [5, 5.41) is 20.5. The highest BCUT2D eigenvalue weighted by Crippen LogP contribution is 2.04. The maximum Gasteiger partial charge on any atom is 0.253 e. The Hall–Kier alpha value is -1.46. The lowest BCUT2D eigenvalue weighted by atomic mass is 10.0. The molecule has 1 amide bonds. The summed E-state index contributed by atoms with van der Waals surface area (Å²) in [5.74, 6) is -0.367. The molecule has 0 aromatic carbocycles. The van der Waals surface area contributed by atoms with Crippen molar-refractivity contribution >= 4 is 5.91 Å². The number of pyridine rings is 1. The van der Waals surface area contributed by atoms with Gasteiger partial charge in [-0.3, -0.25) is 9.78 Å². The van der Waals surface area contributed by atoms with Gasteiger partial charge in [0.15, 0.2) is 0 Å². The topological polar surface area (TPSA) is 82.5 Å². The molecule has 5 nitrogen and oxygen atoms in total. The predicted octanol–water partition coefficient (Wildman–Crippen LogP) is -0.445. The smallest absolute Gasteiger partial charge is 0.253 e. The van der Waals surface area contributed by atoms with E-state index in [0.29, 0.717) is 5.56 Å². The molecule has 0 spiro atoms. The minimum absolute atomic E-state index is 0.324. The van der Waals surface area contributed by atoms with Crippen LogP contribution in [-0.2, 0) is 0 Å². The second-order valence-electron chi connectivity index (χ2n) is 3.57. The molecule has 3 N–H and O–H groups in total. The van der Waals surface area contributed by atoms with E-state index in [2.05, 4.69) is 10.3 Å². The highest BCUT2D eigenvalue weighted by Gasteiger charge is 2.24. The van der Waals surface area contributed by atoms with E-state index in [0.717, 1.165) is 0 Å². The number of amides is 1. The Kier molecular flexibility index (Phi) is 3.76. The molecule has 0 aliphatic carbocycles. The molecule has 0 fully saturated rings. The van der Waals surface area contributed by atoms with Crippen molar-refractivity contribution in [2.75, 3.05) is 13.2 Å². The quantitative estimate of drug-likeness (QED) is 0.629. The Morgan fingerprint density at radius 2 is 2.20 bits per heavy atom. The van der Waals surface area contributed by atoms with Crippen molar-refractivity contribution in [2.24, 2.45) is 0 Å². The van der Waals surface area contributed by atoms with E-state index in [9.17, 15) is 4.79 Å². The Morgan fingerprint density at radius 1 is 1.53 bits per heavy atom. The average molecular weight is 210 g/mol. The third-order valence-corrected chi connectivity index (χ3v) is 2.04. The van der Waals surface area contributed by atoms with Crippen LogP contribution in [0.4, 0.5) is 0 Å². The van der Waals surface area contributed by atoms with Gasteiger partial charge in [-0.1, -0.05) is 0 Å². The molecule has 0 radical (unpaired) electrons. The first-order valence-corrected chi connectivity index (χ1v) is 4.55. The fraction of sp³-hybridized carbons (Fsp3) is 0.400. The van der Waals surface area contributed by atoms with E-state index in [1.807, 2.05) is 0 Å². The first kappa shape index (κ1) is 11.6. The number of nitrogens with zero attached hydrogens (tertiary/aromatic N) is 1. The van der Waals surface area contributed by atoms with Crippen LogP contribution in [0.25, 0.3) is 0 Å². The van der Waals surface area contributed by atoms with E-state index >= 15 is 0 Å². The number of aromatic nitrogens is 1. The van der Waals surface area contributed by atoms with Gasteiger partial charge in [0.05, 0.1) is 24.3 Å². The second-order valence-corrected chi connectivity index (χ2v) is 3.57. The maximum atomic E-state index is 11.6. The van der Waals surface area contributed by atoms with Crippen LogP contribution in [0.3, 0.4) is 0 Å². The summed E-state index contributed by atoms with van der Waals surface area (Å²) in [6.07, 6.45) is 2.98. The standard InChI is InChI=1S/C10H14N2O3/c1-10(6-13,7-14)12-9(15)8-3-2-4-11-5-8/h2-5,13-14H,6-7H2,1H3,(H,12,15). The number of nitrogens with one attached hydrogen (secondary N) is 1. The summed E-state index contributed by atoms with van der Waals surface area (Å²) in [6.45, 7) is 0.909. The van der Waals surface area contributed by atoms with Gasteiger partial charge in [-0.15, -0.1) is 0 Å². The van der Waals surface area contributed by atoms with E-state index < -0.39 is 5.54 Å². The molecule has 0 atom stereocenters. The number of rotatable bonds is 4. The Balaban J connectivity index is 2.72. The van der Waals surface area contributed by atoms with Crippen molar-refractivity contribution in [3.63, 3.8) is 0 Å². The monoisotopic (exact) mass is 210 g/mol. The molecule has 0 saturated heterocycles. The lowest BCUT2D eigenvalue weighted by Crippen LogP contribution is -2.51. The summed E-state index contributed by atoms with van der Waals surface area (Å²) < 4.78 is 0. The summed E-state index contributed by atoms with van der Waals surface area (Å²) in [7, 11) is 0. The number of hydrogen-bond acceptors (Lipinski definition) is 4. The van der Waals surface area contributed by atoms with Crippen molar-refractivity contribution in [1.82, 2.24) is 10.3 Å².